The topological polar surface area (TPSA) is 49.6 Å². The Morgan fingerprint density at radius 1 is 1.44 bits per heavy atom. The highest BCUT2D eigenvalue weighted by atomic mass is 79.9. The van der Waals surface area contributed by atoms with E-state index < -0.39 is 0 Å². The number of thiophene rings is 1. The van der Waals surface area contributed by atoms with Crippen molar-refractivity contribution in [3.05, 3.63) is 20.8 Å². The Hall–Kier alpha value is -0.430. The van der Waals surface area contributed by atoms with Gasteiger partial charge >= 0.3 is 0 Å². The molecule has 6 heteroatoms. The van der Waals surface area contributed by atoms with Crippen LogP contribution in [0, 0.1) is 0 Å². The van der Waals surface area contributed by atoms with E-state index in [2.05, 4.69) is 37.9 Å². The van der Waals surface area contributed by atoms with E-state index in [9.17, 15) is 4.79 Å². The molecule has 0 unspecified atom stereocenters. The first-order valence-corrected chi connectivity index (χ1v) is 7.67. The minimum Gasteiger partial charge on any atom is -0.368 e. The van der Waals surface area contributed by atoms with Crippen molar-refractivity contribution in [3.63, 3.8) is 0 Å². The third-order valence-corrected chi connectivity index (χ3v) is 4.98. The van der Waals surface area contributed by atoms with Crippen LogP contribution in [-0.2, 0) is 11.3 Å². The van der Waals surface area contributed by atoms with Crippen molar-refractivity contribution in [3.8, 4) is 0 Å². The molecule has 4 nitrogen and oxygen atoms in total. The number of primary amides is 1. The monoisotopic (exact) mass is 331 g/mol. The van der Waals surface area contributed by atoms with Crippen LogP contribution in [0.2, 0.25) is 0 Å². The molecule has 1 aromatic rings. The molecule has 18 heavy (non-hydrogen) atoms. The van der Waals surface area contributed by atoms with Crippen LogP contribution in [0.4, 0.5) is 0 Å². The molecule has 0 radical (unpaired) electrons. The number of piperazine rings is 1. The SMILES string of the molecule is C[C@H](C(N)=O)N1CCN(Cc2ccc(Br)s2)CC1. The minimum atomic E-state index is -0.231. The number of carbonyl (C=O) groups excluding carboxylic acids is 1. The zero-order chi connectivity index (χ0) is 13.1. The van der Waals surface area contributed by atoms with E-state index in [1.165, 1.54) is 8.66 Å². The highest BCUT2D eigenvalue weighted by molar-refractivity contribution is 9.11. The molecule has 1 amide bonds. The second-order valence-electron chi connectivity index (χ2n) is 4.60. The van der Waals surface area contributed by atoms with Gasteiger partial charge in [0.2, 0.25) is 5.91 Å². The predicted octanol–water partition coefficient (Wildman–Crippen LogP) is 1.50. The Morgan fingerprint density at radius 2 is 2.11 bits per heavy atom. The zero-order valence-electron chi connectivity index (χ0n) is 10.4. The molecule has 0 aromatic carbocycles. The Kier molecular flexibility index (Phi) is 4.77. The molecular formula is C12H18BrN3OS. The lowest BCUT2D eigenvalue weighted by molar-refractivity contribution is -0.123. The Balaban J connectivity index is 1.81. The standard InChI is InChI=1S/C12H18BrN3OS/c1-9(12(14)17)16-6-4-15(5-7-16)8-10-2-3-11(13)18-10/h2-3,9H,4-8H2,1H3,(H2,14,17)/t9-/m1/s1. The molecule has 0 aliphatic carbocycles. The Labute approximate surface area is 120 Å². The summed E-state index contributed by atoms with van der Waals surface area (Å²) < 4.78 is 1.18. The molecule has 1 saturated heterocycles. The fourth-order valence-corrected chi connectivity index (χ4v) is 3.67. The van der Waals surface area contributed by atoms with Gasteiger partial charge in [-0.05, 0) is 35.0 Å². The van der Waals surface area contributed by atoms with Gasteiger partial charge in [0.05, 0.1) is 9.83 Å². The van der Waals surface area contributed by atoms with E-state index in [-0.39, 0.29) is 11.9 Å². The predicted molar refractivity (Wildman–Crippen MR) is 77.5 cm³/mol. The summed E-state index contributed by atoms with van der Waals surface area (Å²) in [6, 6.07) is 4.10. The molecule has 1 aliphatic rings. The molecule has 1 aliphatic heterocycles. The fourth-order valence-electron chi connectivity index (χ4n) is 2.15. The molecule has 1 atom stereocenters. The van der Waals surface area contributed by atoms with Crippen LogP contribution >= 0.6 is 27.3 Å². The summed E-state index contributed by atoms with van der Waals surface area (Å²) in [5, 5.41) is 0. The second kappa shape index (κ2) is 6.14. The zero-order valence-corrected chi connectivity index (χ0v) is 12.8. The minimum absolute atomic E-state index is 0.150. The summed E-state index contributed by atoms with van der Waals surface area (Å²) >= 11 is 5.26. The molecule has 0 saturated carbocycles. The first-order chi connectivity index (χ1) is 8.56. The average Bonchev–Trinajstić information content (AvgIpc) is 2.75. The van der Waals surface area contributed by atoms with Gasteiger partial charge in [0, 0.05) is 37.6 Å². The molecular weight excluding hydrogens is 314 g/mol. The average molecular weight is 332 g/mol. The summed E-state index contributed by atoms with van der Waals surface area (Å²) in [6.07, 6.45) is 0. The smallest absolute Gasteiger partial charge is 0.234 e. The number of nitrogens with zero attached hydrogens (tertiary/aromatic N) is 2. The maximum atomic E-state index is 11.1. The summed E-state index contributed by atoms with van der Waals surface area (Å²) in [4.78, 5) is 17.1. The van der Waals surface area contributed by atoms with Gasteiger partial charge in [-0.25, -0.2) is 0 Å². The van der Waals surface area contributed by atoms with Gasteiger partial charge in [0.25, 0.3) is 0 Å². The van der Waals surface area contributed by atoms with Crippen LogP contribution in [0.1, 0.15) is 11.8 Å². The van der Waals surface area contributed by atoms with E-state index in [4.69, 9.17) is 5.73 Å². The molecule has 100 valence electrons. The second-order valence-corrected chi connectivity index (χ2v) is 7.14. The number of rotatable bonds is 4. The summed E-state index contributed by atoms with van der Waals surface area (Å²) in [7, 11) is 0. The van der Waals surface area contributed by atoms with Gasteiger partial charge in [0.1, 0.15) is 0 Å². The quantitative estimate of drug-likeness (QED) is 0.909. The van der Waals surface area contributed by atoms with Gasteiger partial charge < -0.3 is 5.73 Å². The Bertz CT molecular complexity index is 415. The summed E-state index contributed by atoms with van der Waals surface area (Å²) in [5.41, 5.74) is 5.33. The first kappa shape index (κ1) is 14.0. The highest BCUT2D eigenvalue weighted by Crippen LogP contribution is 2.23. The van der Waals surface area contributed by atoms with Crippen LogP contribution in [0.25, 0.3) is 0 Å². The van der Waals surface area contributed by atoms with E-state index in [1.807, 2.05) is 6.92 Å². The molecule has 0 spiro atoms. The molecule has 2 N–H and O–H groups in total. The van der Waals surface area contributed by atoms with E-state index in [0.717, 1.165) is 32.7 Å². The molecule has 1 fully saturated rings. The van der Waals surface area contributed by atoms with Gasteiger partial charge in [-0.15, -0.1) is 11.3 Å². The van der Waals surface area contributed by atoms with Crippen molar-refractivity contribution in [1.82, 2.24) is 9.80 Å². The van der Waals surface area contributed by atoms with Crippen LogP contribution in [0.3, 0.4) is 0 Å². The molecule has 2 rings (SSSR count). The van der Waals surface area contributed by atoms with E-state index in [1.54, 1.807) is 11.3 Å². The number of halogens is 1. The van der Waals surface area contributed by atoms with Crippen molar-refractivity contribution in [2.45, 2.75) is 19.5 Å². The molecule has 1 aromatic heterocycles. The highest BCUT2D eigenvalue weighted by Gasteiger charge is 2.24. The lowest BCUT2D eigenvalue weighted by Gasteiger charge is -2.36. The third kappa shape index (κ3) is 3.54. The number of amides is 1. The van der Waals surface area contributed by atoms with Crippen molar-refractivity contribution in [1.29, 1.82) is 0 Å². The van der Waals surface area contributed by atoms with Gasteiger partial charge in [0.15, 0.2) is 0 Å². The number of nitrogens with two attached hydrogens (primary N) is 1. The molecule has 0 bridgehead atoms. The van der Waals surface area contributed by atoms with Crippen LogP contribution in [0.15, 0.2) is 15.9 Å². The maximum Gasteiger partial charge on any atom is 0.234 e. The van der Waals surface area contributed by atoms with Crippen molar-refractivity contribution in [2.75, 3.05) is 26.2 Å². The van der Waals surface area contributed by atoms with Crippen LogP contribution < -0.4 is 5.73 Å². The third-order valence-electron chi connectivity index (χ3n) is 3.37. The first-order valence-electron chi connectivity index (χ1n) is 6.06. The van der Waals surface area contributed by atoms with Gasteiger partial charge in [-0.2, -0.15) is 0 Å². The van der Waals surface area contributed by atoms with Gasteiger partial charge in [-0.1, -0.05) is 0 Å². The Morgan fingerprint density at radius 3 is 2.61 bits per heavy atom. The normalized spacial score (nSPS) is 19.9. The number of hydrogen-bond acceptors (Lipinski definition) is 4. The number of hydrogen-bond donors (Lipinski definition) is 1. The van der Waals surface area contributed by atoms with Gasteiger partial charge in [-0.3, -0.25) is 14.6 Å². The van der Waals surface area contributed by atoms with Crippen LogP contribution in [0.5, 0.6) is 0 Å². The fraction of sp³-hybridized carbons (Fsp3) is 0.583. The van der Waals surface area contributed by atoms with Crippen LogP contribution in [-0.4, -0.2) is 47.9 Å². The van der Waals surface area contributed by atoms with Crippen molar-refractivity contribution < 1.29 is 4.79 Å². The van der Waals surface area contributed by atoms with E-state index >= 15 is 0 Å². The molecule has 2 heterocycles. The van der Waals surface area contributed by atoms with Crippen molar-refractivity contribution in [2.24, 2.45) is 5.73 Å². The number of carbonyl (C=O) groups is 1. The largest absolute Gasteiger partial charge is 0.368 e. The lowest BCUT2D eigenvalue weighted by Crippen LogP contribution is -2.52. The maximum absolute atomic E-state index is 11.1. The van der Waals surface area contributed by atoms with E-state index in [0.29, 0.717) is 0 Å². The summed E-state index contributed by atoms with van der Waals surface area (Å²) in [5.74, 6) is -0.231. The van der Waals surface area contributed by atoms with Crippen molar-refractivity contribution >= 4 is 33.2 Å². The summed E-state index contributed by atoms with van der Waals surface area (Å²) in [6.45, 7) is 6.69. The lowest BCUT2D eigenvalue weighted by atomic mass is 10.2.